The molecule has 0 aliphatic carbocycles. The first-order chi connectivity index (χ1) is 10.2. The minimum atomic E-state index is -0.386. The minimum absolute atomic E-state index is 0.236. The Kier molecular flexibility index (Phi) is 5.29. The van der Waals surface area contributed by atoms with E-state index < -0.39 is 0 Å². The molecule has 0 fully saturated rings. The van der Waals surface area contributed by atoms with Crippen LogP contribution in [0.2, 0.25) is 5.02 Å². The van der Waals surface area contributed by atoms with Crippen molar-refractivity contribution in [2.75, 3.05) is 0 Å². The van der Waals surface area contributed by atoms with Crippen LogP contribution in [0.15, 0.2) is 48.8 Å². The van der Waals surface area contributed by atoms with Crippen molar-refractivity contribution >= 4 is 23.4 Å². The van der Waals surface area contributed by atoms with Crippen LogP contribution >= 0.6 is 11.6 Å². The van der Waals surface area contributed by atoms with Crippen LogP contribution in [0.25, 0.3) is 0 Å². The molecule has 0 unspecified atom stereocenters. The summed E-state index contributed by atoms with van der Waals surface area (Å²) in [7, 11) is 0. The van der Waals surface area contributed by atoms with Gasteiger partial charge in [0.2, 0.25) is 5.91 Å². The zero-order valence-corrected chi connectivity index (χ0v) is 11.9. The second-order valence-electron chi connectivity index (χ2n) is 4.33. The number of benzene rings is 1. The van der Waals surface area contributed by atoms with Crippen molar-refractivity contribution in [2.45, 2.75) is 12.8 Å². The van der Waals surface area contributed by atoms with E-state index in [9.17, 15) is 9.59 Å². The molecule has 1 aromatic carbocycles. The number of carbonyl (C=O) groups is 2. The Morgan fingerprint density at radius 2 is 1.76 bits per heavy atom. The third-order valence-corrected chi connectivity index (χ3v) is 3.21. The quantitative estimate of drug-likeness (QED) is 0.850. The van der Waals surface area contributed by atoms with E-state index in [4.69, 9.17) is 11.6 Å². The van der Waals surface area contributed by atoms with Gasteiger partial charge in [-0.15, -0.1) is 0 Å². The SMILES string of the molecule is O=C(CCc1ccccc1Cl)NNC(=O)c1ccncc1. The maximum absolute atomic E-state index is 11.7. The number of aromatic nitrogens is 1. The van der Waals surface area contributed by atoms with Crippen molar-refractivity contribution in [2.24, 2.45) is 0 Å². The number of hydrazine groups is 1. The molecule has 0 saturated heterocycles. The summed E-state index contributed by atoms with van der Waals surface area (Å²) in [5.41, 5.74) is 6.04. The Hall–Kier alpha value is -2.40. The minimum Gasteiger partial charge on any atom is -0.273 e. The number of hydrogen-bond donors (Lipinski definition) is 2. The van der Waals surface area contributed by atoms with Crippen molar-refractivity contribution in [1.29, 1.82) is 0 Å². The van der Waals surface area contributed by atoms with E-state index in [2.05, 4.69) is 15.8 Å². The van der Waals surface area contributed by atoms with Crippen LogP contribution in [0.5, 0.6) is 0 Å². The predicted octanol–water partition coefficient (Wildman–Crippen LogP) is 2.13. The number of aryl methyl sites for hydroxylation is 1. The molecule has 0 radical (unpaired) electrons. The number of hydrogen-bond acceptors (Lipinski definition) is 3. The van der Waals surface area contributed by atoms with E-state index in [1.165, 1.54) is 12.4 Å². The molecule has 2 rings (SSSR count). The van der Waals surface area contributed by atoms with Crippen molar-refractivity contribution in [3.8, 4) is 0 Å². The topological polar surface area (TPSA) is 71.1 Å². The van der Waals surface area contributed by atoms with E-state index in [1.54, 1.807) is 18.2 Å². The van der Waals surface area contributed by atoms with Gasteiger partial charge in [0, 0.05) is 29.4 Å². The maximum Gasteiger partial charge on any atom is 0.269 e. The van der Waals surface area contributed by atoms with Crippen LogP contribution in [-0.4, -0.2) is 16.8 Å². The molecule has 0 aliphatic rings. The predicted molar refractivity (Wildman–Crippen MR) is 79.6 cm³/mol. The lowest BCUT2D eigenvalue weighted by Crippen LogP contribution is -2.41. The van der Waals surface area contributed by atoms with Gasteiger partial charge < -0.3 is 0 Å². The molecule has 6 heteroatoms. The zero-order valence-electron chi connectivity index (χ0n) is 11.2. The molecule has 1 heterocycles. The van der Waals surface area contributed by atoms with Gasteiger partial charge in [0.25, 0.3) is 5.91 Å². The standard InChI is InChI=1S/C15H14ClN3O2/c16-13-4-2-1-3-11(13)5-6-14(20)18-19-15(21)12-7-9-17-10-8-12/h1-4,7-10H,5-6H2,(H,18,20)(H,19,21). The van der Waals surface area contributed by atoms with Crippen LogP contribution < -0.4 is 10.9 Å². The van der Waals surface area contributed by atoms with Gasteiger partial charge in [0.05, 0.1) is 0 Å². The maximum atomic E-state index is 11.7. The summed E-state index contributed by atoms with van der Waals surface area (Å²) >= 11 is 6.01. The molecular weight excluding hydrogens is 290 g/mol. The van der Waals surface area contributed by atoms with Gasteiger partial charge in [-0.05, 0) is 30.2 Å². The van der Waals surface area contributed by atoms with E-state index >= 15 is 0 Å². The smallest absolute Gasteiger partial charge is 0.269 e. The van der Waals surface area contributed by atoms with Gasteiger partial charge >= 0.3 is 0 Å². The molecule has 1 aromatic heterocycles. The zero-order chi connectivity index (χ0) is 15.1. The molecule has 21 heavy (non-hydrogen) atoms. The monoisotopic (exact) mass is 303 g/mol. The normalized spacial score (nSPS) is 9.95. The third-order valence-electron chi connectivity index (χ3n) is 2.84. The highest BCUT2D eigenvalue weighted by molar-refractivity contribution is 6.31. The highest BCUT2D eigenvalue weighted by Gasteiger charge is 2.08. The summed E-state index contributed by atoms with van der Waals surface area (Å²) in [4.78, 5) is 27.2. The second kappa shape index (κ2) is 7.40. The van der Waals surface area contributed by atoms with Gasteiger partial charge in [-0.2, -0.15) is 0 Å². The number of nitrogens with one attached hydrogen (secondary N) is 2. The number of pyridine rings is 1. The molecule has 5 nitrogen and oxygen atoms in total. The van der Waals surface area contributed by atoms with E-state index in [-0.39, 0.29) is 18.2 Å². The van der Waals surface area contributed by atoms with Gasteiger partial charge in [-0.1, -0.05) is 29.8 Å². The number of nitrogens with zero attached hydrogens (tertiary/aromatic N) is 1. The Morgan fingerprint density at radius 3 is 2.48 bits per heavy atom. The second-order valence-corrected chi connectivity index (χ2v) is 4.74. The molecule has 2 N–H and O–H groups in total. The number of rotatable bonds is 4. The fraction of sp³-hybridized carbons (Fsp3) is 0.133. The summed E-state index contributed by atoms with van der Waals surface area (Å²) in [6, 6.07) is 10.5. The average Bonchev–Trinajstić information content (AvgIpc) is 2.52. The van der Waals surface area contributed by atoms with E-state index in [0.29, 0.717) is 17.0 Å². The molecule has 0 bridgehead atoms. The van der Waals surface area contributed by atoms with Crippen molar-refractivity contribution < 1.29 is 9.59 Å². The molecule has 2 amide bonds. The molecule has 0 atom stereocenters. The molecule has 2 aromatic rings. The fourth-order valence-corrected chi connectivity index (χ4v) is 1.94. The number of halogens is 1. The third kappa shape index (κ3) is 4.57. The fourth-order valence-electron chi connectivity index (χ4n) is 1.71. The summed E-state index contributed by atoms with van der Waals surface area (Å²) in [6.45, 7) is 0. The first kappa shape index (κ1) is 15.0. The Labute approximate surface area is 127 Å². The lowest BCUT2D eigenvalue weighted by atomic mass is 10.1. The molecule has 0 saturated carbocycles. The van der Waals surface area contributed by atoms with Crippen LogP contribution in [0.3, 0.4) is 0 Å². The molecular formula is C15H14ClN3O2. The summed E-state index contributed by atoms with van der Waals surface area (Å²) < 4.78 is 0. The van der Waals surface area contributed by atoms with Crippen molar-refractivity contribution in [1.82, 2.24) is 15.8 Å². The number of carbonyl (C=O) groups excluding carboxylic acids is 2. The van der Waals surface area contributed by atoms with Crippen LogP contribution in [-0.2, 0) is 11.2 Å². The average molecular weight is 304 g/mol. The highest BCUT2D eigenvalue weighted by Crippen LogP contribution is 2.16. The van der Waals surface area contributed by atoms with Gasteiger partial charge in [-0.3, -0.25) is 25.4 Å². The number of amides is 2. The van der Waals surface area contributed by atoms with Crippen LogP contribution in [0, 0.1) is 0 Å². The van der Waals surface area contributed by atoms with E-state index in [1.807, 2.05) is 18.2 Å². The van der Waals surface area contributed by atoms with Gasteiger partial charge in [0.1, 0.15) is 0 Å². The molecule has 0 aliphatic heterocycles. The Bertz CT molecular complexity index is 632. The lowest BCUT2D eigenvalue weighted by molar-refractivity contribution is -0.121. The van der Waals surface area contributed by atoms with Crippen molar-refractivity contribution in [3.05, 3.63) is 64.9 Å². The van der Waals surface area contributed by atoms with Crippen LogP contribution in [0.4, 0.5) is 0 Å². The summed E-state index contributed by atoms with van der Waals surface area (Å²) in [5.74, 6) is -0.666. The van der Waals surface area contributed by atoms with Crippen LogP contribution in [0.1, 0.15) is 22.3 Å². The lowest BCUT2D eigenvalue weighted by Gasteiger charge is -2.08. The van der Waals surface area contributed by atoms with E-state index in [0.717, 1.165) is 5.56 Å². The highest BCUT2D eigenvalue weighted by atomic mass is 35.5. The first-order valence-corrected chi connectivity index (χ1v) is 6.77. The van der Waals surface area contributed by atoms with Gasteiger partial charge in [0.15, 0.2) is 0 Å². The summed E-state index contributed by atoms with van der Waals surface area (Å²) in [6.07, 6.45) is 3.76. The Morgan fingerprint density at radius 1 is 1.05 bits per heavy atom. The van der Waals surface area contributed by atoms with Gasteiger partial charge in [-0.25, -0.2) is 0 Å². The Balaban J connectivity index is 1.78. The molecule has 0 spiro atoms. The summed E-state index contributed by atoms with van der Waals surface area (Å²) in [5, 5.41) is 0.631. The largest absolute Gasteiger partial charge is 0.273 e. The first-order valence-electron chi connectivity index (χ1n) is 6.39. The van der Waals surface area contributed by atoms with Crippen molar-refractivity contribution in [3.63, 3.8) is 0 Å². The molecule has 108 valence electrons.